The van der Waals surface area contributed by atoms with Crippen LogP contribution >= 0.6 is 0 Å². The Morgan fingerprint density at radius 3 is 2.37 bits per heavy atom. The molecule has 0 radical (unpaired) electrons. The van der Waals surface area contributed by atoms with Gasteiger partial charge in [0.05, 0.1) is 0 Å². The van der Waals surface area contributed by atoms with Crippen LogP contribution in [0.15, 0.2) is 12.1 Å². The zero-order valence-electron chi connectivity index (χ0n) is 12.8. The summed E-state index contributed by atoms with van der Waals surface area (Å²) in [5.74, 6) is 0.171. The Morgan fingerprint density at radius 1 is 1.21 bits per heavy atom. The lowest BCUT2D eigenvalue weighted by Gasteiger charge is -2.22. The zero-order valence-corrected chi connectivity index (χ0v) is 12.8. The summed E-state index contributed by atoms with van der Waals surface area (Å²) in [6.45, 7) is 9.49. The molecule has 1 unspecified atom stereocenters. The fourth-order valence-electron chi connectivity index (χ4n) is 2.27. The van der Waals surface area contributed by atoms with Gasteiger partial charge in [0.25, 0.3) is 0 Å². The second-order valence-electron chi connectivity index (χ2n) is 5.54. The summed E-state index contributed by atoms with van der Waals surface area (Å²) in [5, 5.41) is 0. The van der Waals surface area contributed by atoms with Crippen LogP contribution in [0.2, 0.25) is 0 Å². The molecule has 0 saturated heterocycles. The fourth-order valence-corrected chi connectivity index (χ4v) is 2.27. The first-order valence-corrected chi connectivity index (χ1v) is 6.88. The molecule has 106 valence electrons. The number of hydrogen-bond donors (Lipinski definition) is 1. The number of benzene rings is 1. The van der Waals surface area contributed by atoms with Gasteiger partial charge < -0.3 is 10.6 Å². The van der Waals surface area contributed by atoms with E-state index in [9.17, 15) is 4.79 Å². The number of hydrogen-bond acceptors (Lipinski definition) is 2. The van der Waals surface area contributed by atoms with Crippen molar-refractivity contribution in [3.63, 3.8) is 0 Å². The van der Waals surface area contributed by atoms with Crippen LogP contribution in [0.1, 0.15) is 35.6 Å². The molecule has 0 aromatic heterocycles. The maximum absolute atomic E-state index is 12.2. The largest absolute Gasteiger partial charge is 0.341 e. The van der Waals surface area contributed by atoms with Gasteiger partial charge in [-0.25, -0.2) is 0 Å². The highest BCUT2D eigenvalue weighted by Gasteiger charge is 2.17. The number of aryl methyl sites for hydroxylation is 3. The molecule has 0 heterocycles. The smallest absolute Gasteiger partial charge is 0.225 e. The molecule has 3 nitrogen and oxygen atoms in total. The van der Waals surface area contributed by atoms with E-state index in [0.717, 1.165) is 6.42 Å². The summed E-state index contributed by atoms with van der Waals surface area (Å²) in [6.07, 6.45) is 0.745. The summed E-state index contributed by atoms with van der Waals surface area (Å²) in [6, 6.07) is 4.37. The van der Waals surface area contributed by atoms with E-state index in [1.165, 1.54) is 22.3 Å². The van der Waals surface area contributed by atoms with Gasteiger partial charge in [-0.3, -0.25) is 4.79 Å². The monoisotopic (exact) mass is 262 g/mol. The molecule has 0 fully saturated rings. The van der Waals surface area contributed by atoms with Crippen molar-refractivity contribution < 1.29 is 4.79 Å². The molecule has 0 saturated carbocycles. The molecule has 0 aliphatic heterocycles. The average molecular weight is 262 g/mol. The van der Waals surface area contributed by atoms with Gasteiger partial charge in [-0.2, -0.15) is 0 Å². The second-order valence-corrected chi connectivity index (χ2v) is 5.54. The first-order chi connectivity index (χ1) is 8.86. The third kappa shape index (κ3) is 4.06. The van der Waals surface area contributed by atoms with E-state index in [-0.39, 0.29) is 11.8 Å². The van der Waals surface area contributed by atoms with Gasteiger partial charge in [0, 0.05) is 19.5 Å². The lowest BCUT2D eigenvalue weighted by Crippen LogP contribution is -2.32. The maximum atomic E-state index is 12.2. The summed E-state index contributed by atoms with van der Waals surface area (Å²) >= 11 is 0. The first kappa shape index (κ1) is 15.7. The number of carbonyl (C=O) groups is 1. The Labute approximate surface area is 116 Å². The molecule has 19 heavy (non-hydrogen) atoms. The molecule has 1 amide bonds. The van der Waals surface area contributed by atoms with E-state index < -0.39 is 0 Å². The van der Waals surface area contributed by atoms with E-state index in [4.69, 9.17) is 5.73 Å². The van der Waals surface area contributed by atoms with Crippen molar-refractivity contribution in [2.24, 2.45) is 11.7 Å². The van der Waals surface area contributed by atoms with Crippen LogP contribution in [0.3, 0.4) is 0 Å². The minimum absolute atomic E-state index is 0.00171. The predicted molar refractivity (Wildman–Crippen MR) is 80.0 cm³/mol. The molecule has 1 aromatic carbocycles. The van der Waals surface area contributed by atoms with E-state index in [1.54, 1.807) is 4.90 Å². The highest BCUT2D eigenvalue weighted by Crippen LogP contribution is 2.17. The number of nitrogens with zero attached hydrogens (tertiary/aromatic N) is 1. The quantitative estimate of drug-likeness (QED) is 0.886. The lowest BCUT2D eigenvalue weighted by molar-refractivity contribution is -0.134. The Balaban J connectivity index is 2.79. The van der Waals surface area contributed by atoms with Crippen molar-refractivity contribution in [1.82, 2.24) is 4.90 Å². The minimum Gasteiger partial charge on any atom is -0.341 e. The van der Waals surface area contributed by atoms with Gasteiger partial charge in [-0.15, -0.1) is 0 Å². The molecular formula is C16H26N2O. The van der Waals surface area contributed by atoms with Crippen molar-refractivity contribution in [3.8, 4) is 0 Å². The van der Waals surface area contributed by atoms with Crippen LogP contribution in [0.4, 0.5) is 0 Å². The van der Waals surface area contributed by atoms with E-state index in [0.29, 0.717) is 13.1 Å². The summed E-state index contributed by atoms with van der Waals surface area (Å²) in [5.41, 5.74) is 10.5. The van der Waals surface area contributed by atoms with Crippen molar-refractivity contribution in [1.29, 1.82) is 0 Å². The zero-order chi connectivity index (χ0) is 14.6. The Morgan fingerprint density at radius 2 is 1.79 bits per heavy atom. The normalized spacial score (nSPS) is 12.3. The molecule has 0 aliphatic rings. The Kier molecular flexibility index (Phi) is 5.55. The third-order valence-corrected chi connectivity index (χ3v) is 3.76. The number of rotatable bonds is 5. The number of amides is 1. The lowest BCUT2D eigenvalue weighted by atomic mass is 10.00. The highest BCUT2D eigenvalue weighted by molar-refractivity contribution is 5.78. The molecule has 0 spiro atoms. The predicted octanol–water partition coefficient (Wildman–Crippen LogP) is 2.56. The van der Waals surface area contributed by atoms with Gasteiger partial charge >= 0.3 is 0 Å². The summed E-state index contributed by atoms with van der Waals surface area (Å²) < 4.78 is 0. The van der Waals surface area contributed by atoms with Crippen molar-refractivity contribution >= 4 is 5.91 Å². The van der Waals surface area contributed by atoms with Gasteiger partial charge in [0.15, 0.2) is 0 Å². The molecular weight excluding hydrogens is 236 g/mol. The summed E-state index contributed by atoms with van der Waals surface area (Å²) in [7, 11) is 1.87. The van der Waals surface area contributed by atoms with E-state index in [2.05, 4.69) is 32.9 Å². The Bertz CT molecular complexity index is 454. The van der Waals surface area contributed by atoms with Gasteiger partial charge in [0.2, 0.25) is 5.91 Å². The minimum atomic E-state index is 0.00171. The summed E-state index contributed by atoms with van der Waals surface area (Å²) in [4.78, 5) is 14.0. The Hall–Kier alpha value is -1.35. The van der Waals surface area contributed by atoms with Crippen LogP contribution in [0.5, 0.6) is 0 Å². The van der Waals surface area contributed by atoms with Crippen LogP contribution in [-0.4, -0.2) is 24.4 Å². The second kappa shape index (κ2) is 6.71. The van der Waals surface area contributed by atoms with Gasteiger partial charge in [-0.05, 0) is 56.0 Å². The molecule has 0 bridgehead atoms. The maximum Gasteiger partial charge on any atom is 0.225 e. The van der Waals surface area contributed by atoms with Crippen LogP contribution in [0.25, 0.3) is 0 Å². The number of carbonyl (C=O) groups excluding carboxylic acids is 1. The molecule has 1 atom stereocenters. The van der Waals surface area contributed by atoms with Crippen molar-refractivity contribution in [3.05, 3.63) is 34.4 Å². The molecule has 3 heteroatoms. The first-order valence-electron chi connectivity index (χ1n) is 6.88. The highest BCUT2D eigenvalue weighted by atomic mass is 16.2. The van der Waals surface area contributed by atoms with Crippen molar-refractivity contribution in [2.45, 2.75) is 40.7 Å². The van der Waals surface area contributed by atoms with Gasteiger partial charge in [-0.1, -0.05) is 19.1 Å². The SMILES string of the molecule is Cc1cc(C)c(CN(C)C(=O)C(C)CCN)cc1C. The van der Waals surface area contributed by atoms with Crippen LogP contribution in [-0.2, 0) is 11.3 Å². The van der Waals surface area contributed by atoms with Crippen molar-refractivity contribution in [2.75, 3.05) is 13.6 Å². The number of nitrogens with two attached hydrogens (primary N) is 1. The molecule has 1 rings (SSSR count). The molecule has 2 N–H and O–H groups in total. The van der Waals surface area contributed by atoms with E-state index in [1.807, 2.05) is 14.0 Å². The standard InChI is InChI=1S/C16H26N2O/c1-11(6-7-17)16(19)18(5)10-15-9-13(3)12(2)8-14(15)4/h8-9,11H,6-7,10,17H2,1-5H3. The average Bonchev–Trinajstić information content (AvgIpc) is 2.35. The van der Waals surface area contributed by atoms with Crippen LogP contribution < -0.4 is 5.73 Å². The van der Waals surface area contributed by atoms with Crippen LogP contribution in [0, 0.1) is 26.7 Å². The van der Waals surface area contributed by atoms with E-state index >= 15 is 0 Å². The third-order valence-electron chi connectivity index (χ3n) is 3.76. The molecule has 1 aromatic rings. The topological polar surface area (TPSA) is 46.3 Å². The van der Waals surface area contributed by atoms with Gasteiger partial charge in [0.1, 0.15) is 0 Å². The fraction of sp³-hybridized carbons (Fsp3) is 0.562. The molecule has 0 aliphatic carbocycles.